The van der Waals surface area contributed by atoms with Crippen LogP contribution in [0.25, 0.3) is 11.3 Å². The molecule has 0 radical (unpaired) electrons. The second-order valence-corrected chi connectivity index (χ2v) is 6.01. The number of benzene rings is 1. The van der Waals surface area contributed by atoms with E-state index in [1.807, 2.05) is 31.2 Å². The molecule has 2 rings (SSSR count). The van der Waals surface area contributed by atoms with Crippen molar-refractivity contribution in [2.45, 2.75) is 26.9 Å². The fourth-order valence-electron chi connectivity index (χ4n) is 2.44. The van der Waals surface area contributed by atoms with Crippen LogP contribution in [-0.4, -0.2) is 7.11 Å². The summed E-state index contributed by atoms with van der Waals surface area (Å²) >= 11 is 1.69. The van der Waals surface area contributed by atoms with Gasteiger partial charge in [0.25, 0.3) is 0 Å². The Balaban J connectivity index is 2.24. The topological polar surface area (TPSA) is 44.5 Å². The summed E-state index contributed by atoms with van der Waals surface area (Å²) < 4.78 is 11.1. The lowest BCUT2D eigenvalue weighted by Gasteiger charge is -2.11. The van der Waals surface area contributed by atoms with Crippen molar-refractivity contribution in [2.24, 2.45) is 5.73 Å². The Morgan fingerprint density at radius 3 is 2.70 bits per heavy atom. The highest BCUT2D eigenvalue weighted by Gasteiger charge is 2.15. The van der Waals surface area contributed by atoms with Gasteiger partial charge in [0.15, 0.2) is 0 Å². The lowest BCUT2D eigenvalue weighted by atomic mass is 10.0. The third kappa shape index (κ3) is 3.96. The fourth-order valence-corrected chi connectivity index (χ4v) is 3.68. The molecule has 4 heteroatoms. The number of thiophene rings is 1. The van der Waals surface area contributed by atoms with Crippen LogP contribution in [-0.2, 0) is 6.61 Å². The van der Waals surface area contributed by atoms with Gasteiger partial charge in [-0.1, -0.05) is 25.6 Å². The molecule has 2 aromatic rings. The zero-order valence-corrected chi connectivity index (χ0v) is 14.7. The van der Waals surface area contributed by atoms with Crippen LogP contribution in [0.2, 0.25) is 0 Å². The maximum Gasteiger partial charge on any atom is 0.123 e. The van der Waals surface area contributed by atoms with Gasteiger partial charge in [-0.25, -0.2) is 0 Å². The minimum absolute atomic E-state index is 0.454. The molecule has 1 aromatic heterocycles. The number of methoxy groups -OCH3 is 1. The zero-order chi connectivity index (χ0) is 16.8. The van der Waals surface area contributed by atoms with Crippen LogP contribution in [0.3, 0.4) is 0 Å². The quantitative estimate of drug-likeness (QED) is 0.770. The van der Waals surface area contributed by atoms with Gasteiger partial charge < -0.3 is 15.2 Å². The van der Waals surface area contributed by atoms with Gasteiger partial charge in [0.1, 0.15) is 18.1 Å². The molecule has 23 heavy (non-hydrogen) atoms. The maximum atomic E-state index is 6.03. The van der Waals surface area contributed by atoms with Crippen LogP contribution in [0.4, 0.5) is 0 Å². The summed E-state index contributed by atoms with van der Waals surface area (Å²) in [5.74, 6) is 1.55. The van der Waals surface area contributed by atoms with E-state index < -0.39 is 0 Å². The maximum absolute atomic E-state index is 6.03. The summed E-state index contributed by atoms with van der Waals surface area (Å²) in [4.78, 5) is 1.19. The minimum atomic E-state index is 0.454. The molecule has 0 aliphatic carbocycles. The first-order valence-electron chi connectivity index (χ1n) is 7.58. The molecule has 3 nitrogen and oxygen atoms in total. The first-order chi connectivity index (χ1) is 11.1. The van der Waals surface area contributed by atoms with Gasteiger partial charge in [-0.2, -0.15) is 0 Å². The Bertz CT molecular complexity index is 716. The number of ether oxygens (including phenoxy) is 2. The second-order valence-electron chi connectivity index (χ2n) is 5.13. The van der Waals surface area contributed by atoms with E-state index in [0.717, 1.165) is 29.0 Å². The van der Waals surface area contributed by atoms with Gasteiger partial charge in [-0.15, -0.1) is 11.3 Å². The predicted molar refractivity (Wildman–Crippen MR) is 98.8 cm³/mol. The molecule has 1 aromatic carbocycles. The van der Waals surface area contributed by atoms with E-state index >= 15 is 0 Å². The molecule has 0 unspecified atom stereocenters. The summed E-state index contributed by atoms with van der Waals surface area (Å²) in [5, 5.41) is 2.10. The van der Waals surface area contributed by atoms with Crippen LogP contribution in [0.5, 0.6) is 11.5 Å². The molecular formula is C19H23NO2S. The molecule has 1 heterocycles. The predicted octanol–water partition coefficient (Wildman–Crippen LogP) is 5.08. The Labute approximate surface area is 142 Å². The third-order valence-electron chi connectivity index (χ3n) is 3.64. The number of hydrogen-bond acceptors (Lipinski definition) is 4. The van der Waals surface area contributed by atoms with E-state index in [1.54, 1.807) is 18.4 Å². The van der Waals surface area contributed by atoms with Gasteiger partial charge in [-0.3, -0.25) is 0 Å². The molecule has 0 saturated heterocycles. The fraction of sp³-hybridized carbons (Fsp3) is 0.263. The number of hydrogen-bond donors (Lipinski definition) is 1. The van der Waals surface area contributed by atoms with Crippen LogP contribution >= 0.6 is 11.3 Å². The number of nitrogens with two attached hydrogens (primary N) is 1. The summed E-state index contributed by atoms with van der Waals surface area (Å²) in [6.45, 7) is 8.58. The average Bonchev–Trinajstić information content (AvgIpc) is 2.98. The van der Waals surface area contributed by atoms with Gasteiger partial charge in [0, 0.05) is 27.8 Å². The van der Waals surface area contributed by atoms with Gasteiger partial charge in [0.05, 0.1) is 7.11 Å². The van der Waals surface area contributed by atoms with Crippen molar-refractivity contribution in [3.63, 3.8) is 0 Å². The highest BCUT2D eigenvalue weighted by molar-refractivity contribution is 7.11. The molecule has 0 amide bonds. The number of allylic oxidation sites excluding steroid dienone is 2. The van der Waals surface area contributed by atoms with E-state index in [-0.39, 0.29) is 0 Å². The molecule has 2 N–H and O–H groups in total. The standard InChI is InChI=1S/C19H23NO2S/c1-5-14(6-2)19-18(13(3)20)15(12-23-19)11-22-17-9-7-8-16(10-17)21-4/h5,7-10,12H,3,6,11,20H2,1-2,4H3/b14-5-. The van der Waals surface area contributed by atoms with Crippen molar-refractivity contribution >= 4 is 22.6 Å². The van der Waals surface area contributed by atoms with Crippen molar-refractivity contribution in [3.8, 4) is 11.5 Å². The van der Waals surface area contributed by atoms with E-state index in [1.165, 1.54) is 10.5 Å². The monoisotopic (exact) mass is 329 g/mol. The molecule has 0 bridgehead atoms. The molecule has 0 aliphatic heterocycles. The zero-order valence-electron chi connectivity index (χ0n) is 13.9. The van der Waals surface area contributed by atoms with Crippen LogP contribution < -0.4 is 15.2 Å². The summed E-state index contributed by atoms with van der Waals surface area (Å²) in [6.07, 6.45) is 3.10. The Morgan fingerprint density at radius 2 is 2.09 bits per heavy atom. The Morgan fingerprint density at radius 1 is 1.35 bits per heavy atom. The Kier molecular flexibility index (Phi) is 5.88. The van der Waals surface area contributed by atoms with Gasteiger partial charge in [0.2, 0.25) is 0 Å². The van der Waals surface area contributed by atoms with Crippen LogP contribution in [0, 0.1) is 0 Å². The lowest BCUT2D eigenvalue weighted by molar-refractivity contribution is 0.304. The van der Waals surface area contributed by atoms with Crippen molar-refractivity contribution < 1.29 is 9.47 Å². The van der Waals surface area contributed by atoms with E-state index in [2.05, 4.69) is 25.0 Å². The largest absolute Gasteiger partial charge is 0.497 e. The van der Waals surface area contributed by atoms with Gasteiger partial charge in [-0.05, 0) is 36.4 Å². The molecule has 122 valence electrons. The molecule has 0 saturated carbocycles. The molecule has 0 aliphatic rings. The van der Waals surface area contributed by atoms with Crippen molar-refractivity contribution in [1.29, 1.82) is 0 Å². The van der Waals surface area contributed by atoms with Crippen LogP contribution in [0.1, 0.15) is 36.3 Å². The summed E-state index contributed by atoms with van der Waals surface area (Å²) in [6, 6.07) is 7.58. The Hall–Kier alpha value is -2.20. The lowest BCUT2D eigenvalue weighted by Crippen LogP contribution is -2.03. The van der Waals surface area contributed by atoms with Crippen molar-refractivity contribution in [1.82, 2.24) is 0 Å². The first-order valence-corrected chi connectivity index (χ1v) is 8.46. The van der Waals surface area contributed by atoms with Crippen molar-refractivity contribution in [2.75, 3.05) is 7.11 Å². The molecule has 0 atom stereocenters. The van der Waals surface area contributed by atoms with Crippen molar-refractivity contribution in [3.05, 3.63) is 58.3 Å². The van der Waals surface area contributed by atoms with E-state index in [4.69, 9.17) is 15.2 Å². The van der Waals surface area contributed by atoms with Gasteiger partial charge >= 0.3 is 0 Å². The SMILES string of the molecule is C=C(N)c1c(COc2cccc(OC)c2)csc1/C(=C\C)CC. The van der Waals surface area contributed by atoms with E-state index in [9.17, 15) is 0 Å². The summed E-state index contributed by atoms with van der Waals surface area (Å²) in [7, 11) is 1.64. The average molecular weight is 329 g/mol. The van der Waals surface area contributed by atoms with Crippen LogP contribution in [0.15, 0.2) is 42.3 Å². The molecule has 0 spiro atoms. The summed E-state index contributed by atoms with van der Waals surface area (Å²) in [5.41, 5.74) is 9.96. The highest BCUT2D eigenvalue weighted by Crippen LogP contribution is 2.34. The molecular weight excluding hydrogens is 306 g/mol. The normalized spacial score (nSPS) is 11.3. The second kappa shape index (κ2) is 7.88. The minimum Gasteiger partial charge on any atom is -0.497 e. The molecule has 0 fully saturated rings. The van der Waals surface area contributed by atoms with E-state index in [0.29, 0.717) is 12.3 Å². The number of rotatable bonds is 7. The first kappa shape index (κ1) is 17.2. The third-order valence-corrected chi connectivity index (χ3v) is 4.75. The smallest absolute Gasteiger partial charge is 0.123 e. The highest BCUT2D eigenvalue weighted by atomic mass is 32.1.